The molecule has 0 aliphatic heterocycles. The first-order chi connectivity index (χ1) is 8.93. The minimum atomic E-state index is -0.666. The fraction of sp³-hybridized carbons (Fsp3) is 0.385. The van der Waals surface area contributed by atoms with Gasteiger partial charge in [0.05, 0.1) is 5.92 Å². The van der Waals surface area contributed by atoms with Crippen molar-refractivity contribution in [1.29, 1.82) is 0 Å². The normalized spacial score (nSPS) is 10.4. The lowest BCUT2D eigenvalue weighted by atomic mass is 10.2. The lowest BCUT2D eigenvalue weighted by molar-refractivity contribution is -0.148. The zero-order chi connectivity index (χ0) is 14.4. The van der Waals surface area contributed by atoms with Crippen LogP contribution in [0.1, 0.15) is 19.4 Å². The number of ether oxygens (including phenoxy) is 2. The second-order valence-electron chi connectivity index (χ2n) is 4.08. The SMILES string of the molecule is CSC(=O)Oc1ccc(COC(=O)C(C)C)cc1F. The molecule has 0 radical (unpaired) electrons. The van der Waals surface area contributed by atoms with Gasteiger partial charge in [-0.1, -0.05) is 19.9 Å². The minimum Gasteiger partial charge on any atom is -0.461 e. The molecule has 0 saturated carbocycles. The zero-order valence-corrected chi connectivity index (χ0v) is 11.8. The Morgan fingerprint density at radius 1 is 1.37 bits per heavy atom. The molecule has 6 heteroatoms. The van der Waals surface area contributed by atoms with Crippen LogP contribution in [0.2, 0.25) is 0 Å². The molecule has 104 valence electrons. The first kappa shape index (κ1) is 15.5. The third-order valence-corrected chi connectivity index (χ3v) is 2.63. The molecule has 19 heavy (non-hydrogen) atoms. The number of rotatable bonds is 4. The monoisotopic (exact) mass is 286 g/mol. The van der Waals surface area contributed by atoms with Crippen LogP contribution >= 0.6 is 11.8 Å². The van der Waals surface area contributed by atoms with Crippen LogP contribution in [-0.4, -0.2) is 17.5 Å². The van der Waals surface area contributed by atoms with Crippen LogP contribution in [0, 0.1) is 11.7 Å². The topological polar surface area (TPSA) is 52.6 Å². The number of esters is 1. The number of hydrogen-bond donors (Lipinski definition) is 0. The van der Waals surface area contributed by atoms with Crippen molar-refractivity contribution in [3.05, 3.63) is 29.6 Å². The number of carbonyl (C=O) groups excluding carboxylic acids is 2. The van der Waals surface area contributed by atoms with Gasteiger partial charge in [-0.2, -0.15) is 0 Å². The van der Waals surface area contributed by atoms with Gasteiger partial charge in [-0.15, -0.1) is 0 Å². The summed E-state index contributed by atoms with van der Waals surface area (Å²) < 4.78 is 23.3. The van der Waals surface area contributed by atoms with Gasteiger partial charge in [0.1, 0.15) is 6.61 Å². The molecule has 1 aromatic rings. The maximum atomic E-state index is 13.6. The van der Waals surface area contributed by atoms with Crippen LogP contribution in [0.25, 0.3) is 0 Å². The molecular weight excluding hydrogens is 271 g/mol. The summed E-state index contributed by atoms with van der Waals surface area (Å²) in [4.78, 5) is 22.3. The predicted octanol–water partition coefficient (Wildman–Crippen LogP) is 3.39. The predicted molar refractivity (Wildman–Crippen MR) is 70.6 cm³/mol. The molecule has 0 amide bonds. The highest BCUT2D eigenvalue weighted by Gasteiger charge is 2.11. The van der Waals surface area contributed by atoms with Gasteiger partial charge in [0.15, 0.2) is 11.6 Å². The van der Waals surface area contributed by atoms with Crippen LogP contribution in [0.4, 0.5) is 9.18 Å². The minimum absolute atomic E-state index is 0.00924. The van der Waals surface area contributed by atoms with Gasteiger partial charge in [0.2, 0.25) is 0 Å². The summed E-state index contributed by atoms with van der Waals surface area (Å²) in [7, 11) is 0. The van der Waals surface area contributed by atoms with Gasteiger partial charge in [-0.3, -0.25) is 4.79 Å². The lowest BCUT2D eigenvalue weighted by Crippen LogP contribution is -2.11. The van der Waals surface area contributed by atoms with Crippen molar-refractivity contribution < 1.29 is 23.5 Å². The standard InChI is InChI=1S/C13H15FO4S/c1-8(2)12(15)17-7-9-4-5-11(10(14)6-9)18-13(16)19-3/h4-6,8H,7H2,1-3H3. The van der Waals surface area contributed by atoms with E-state index >= 15 is 0 Å². The maximum Gasteiger partial charge on any atom is 0.372 e. The number of thioether (sulfide) groups is 1. The summed E-state index contributed by atoms with van der Waals surface area (Å²) >= 11 is 0.853. The van der Waals surface area contributed by atoms with E-state index in [4.69, 9.17) is 9.47 Å². The van der Waals surface area contributed by atoms with Gasteiger partial charge in [0, 0.05) is 0 Å². The summed E-state index contributed by atoms with van der Waals surface area (Å²) in [6, 6.07) is 4.05. The number of hydrogen-bond acceptors (Lipinski definition) is 5. The Morgan fingerprint density at radius 3 is 2.58 bits per heavy atom. The van der Waals surface area contributed by atoms with Crippen molar-refractivity contribution in [2.24, 2.45) is 5.92 Å². The Kier molecular flexibility index (Phi) is 5.82. The van der Waals surface area contributed by atoms with Crippen molar-refractivity contribution in [2.45, 2.75) is 20.5 Å². The quantitative estimate of drug-likeness (QED) is 0.794. The van der Waals surface area contributed by atoms with Gasteiger partial charge < -0.3 is 9.47 Å². The molecule has 0 atom stereocenters. The van der Waals surface area contributed by atoms with Crippen molar-refractivity contribution in [1.82, 2.24) is 0 Å². The average Bonchev–Trinajstić information content (AvgIpc) is 2.38. The van der Waals surface area contributed by atoms with Gasteiger partial charge in [-0.25, -0.2) is 9.18 Å². The van der Waals surface area contributed by atoms with E-state index in [1.807, 2.05) is 0 Å². The highest BCUT2D eigenvalue weighted by Crippen LogP contribution is 2.20. The first-order valence-corrected chi connectivity index (χ1v) is 6.87. The molecule has 0 bridgehead atoms. The van der Waals surface area contributed by atoms with Crippen LogP contribution < -0.4 is 4.74 Å². The summed E-state index contributed by atoms with van der Waals surface area (Å²) in [6.45, 7) is 3.42. The molecule has 4 nitrogen and oxygen atoms in total. The van der Waals surface area contributed by atoms with E-state index in [-0.39, 0.29) is 24.2 Å². The smallest absolute Gasteiger partial charge is 0.372 e. The summed E-state index contributed by atoms with van der Waals surface area (Å²) in [5, 5.41) is -0.585. The number of carbonyl (C=O) groups is 2. The molecule has 0 aliphatic carbocycles. The molecule has 0 heterocycles. The van der Waals surface area contributed by atoms with Gasteiger partial charge >= 0.3 is 11.3 Å². The summed E-state index contributed by atoms with van der Waals surface area (Å²) in [5.74, 6) is -1.39. The van der Waals surface area contributed by atoms with E-state index in [9.17, 15) is 14.0 Å². The zero-order valence-electron chi connectivity index (χ0n) is 10.9. The molecule has 0 unspecified atom stereocenters. The summed E-state index contributed by atoms with van der Waals surface area (Å²) in [6.07, 6.45) is 1.54. The molecule has 1 rings (SSSR count). The van der Waals surface area contributed by atoms with Crippen molar-refractivity contribution in [2.75, 3.05) is 6.26 Å². The average molecular weight is 286 g/mol. The molecule has 0 aromatic heterocycles. The third-order valence-electron chi connectivity index (χ3n) is 2.21. The molecule has 0 fully saturated rings. The number of halogens is 1. The van der Waals surface area contributed by atoms with E-state index in [0.717, 1.165) is 11.8 Å². The van der Waals surface area contributed by atoms with Crippen LogP contribution in [0.5, 0.6) is 5.75 Å². The van der Waals surface area contributed by atoms with Gasteiger partial charge in [-0.05, 0) is 35.7 Å². The Morgan fingerprint density at radius 2 is 2.05 bits per heavy atom. The van der Waals surface area contributed by atoms with Crippen LogP contribution in [-0.2, 0) is 16.1 Å². The largest absolute Gasteiger partial charge is 0.461 e. The molecule has 1 aromatic carbocycles. The lowest BCUT2D eigenvalue weighted by Gasteiger charge is -2.08. The highest BCUT2D eigenvalue weighted by molar-refractivity contribution is 8.12. The van der Waals surface area contributed by atoms with Crippen LogP contribution in [0.3, 0.4) is 0 Å². The molecule has 0 aliphatic rings. The highest BCUT2D eigenvalue weighted by atomic mass is 32.2. The van der Waals surface area contributed by atoms with Crippen LogP contribution in [0.15, 0.2) is 18.2 Å². The van der Waals surface area contributed by atoms with E-state index < -0.39 is 11.1 Å². The number of benzene rings is 1. The first-order valence-electron chi connectivity index (χ1n) is 5.65. The Bertz CT molecular complexity index is 474. The molecule has 0 saturated heterocycles. The van der Waals surface area contributed by atoms with E-state index in [0.29, 0.717) is 5.56 Å². The van der Waals surface area contributed by atoms with Gasteiger partial charge in [0.25, 0.3) is 0 Å². The summed E-state index contributed by atoms with van der Waals surface area (Å²) in [5.41, 5.74) is 0.496. The maximum absolute atomic E-state index is 13.6. The molecular formula is C13H15FO4S. The Balaban J connectivity index is 2.66. The third kappa shape index (κ3) is 4.90. The molecule has 0 spiro atoms. The van der Waals surface area contributed by atoms with Crippen molar-refractivity contribution >= 4 is 23.0 Å². The second-order valence-corrected chi connectivity index (χ2v) is 4.82. The van der Waals surface area contributed by atoms with E-state index in [1.165, 1.54) is 12.1 Å². The Hall–Kier alpha value is -1.56. The second kappa shape index (κ2) is 7.13. The Labute approximate surface area is 115 Å². The fourth-order valence-corrected chi connectivity index (χ4v) is 1.34. The molecule has 0 N–H and O–H groups in total. The fourth-order valence-electron chi connectivity index (χ4n) is 1.17. The van der Waals surface area contributed by atoms with E-state index in [1.54, 1.807) is 26.2 Å². The van der Waals surface area contributed by atoms with Crippen molar-refractivity contribution in [3.63, 3.8) is 0 Å². The van der Waals surface area contributed by atoms with E-state index in [2.05, 4.69) is 0 Å². The van der Waals surface area contributed by atoms with Crippen molar-refractivity contribution in [3.8, 4) is 5.75 Å².